The number of halogens is 4. The molecule has 3 nitrogen and oxygen atoms in total. The summed E-state index contributed by atoms with van der Waals surface area (Å²) in [7, 11) is 0. The van der Waals surface area contributed by atoms with Crippen molar-refractivity contribution in [3.05, 3.63) is 63.5 Å². The lowest BCUT2D eigenvalue weighted by Crippen LogP contribution is -2.16. The van der Waals surface area contributed by atoms with Gasteiger partial charge in [-0.15, -0.1) is 0 Å². The van der Waals surface area contributed by atoms with Gasteiger partial charge >= 0.3 is 6.18 Å². The molecule has 0 aliphatic carbocycles. The van der Waals surface area contributed by atoms with Crippen molar-refractivity contribution >= 4 is 22.6 Å². The molecule has 7 heteroatoms. The fourth-order valence-corrected chi connectivity index (χ4v) is 3.01. The summed E-state index contributed by atoms with van der Waals surface area (Å²) in [5.41, 5.74) is -1.36. The molecule has 0 amide bonds. The second-order valence-electron chi connectivity index (χ2n) is 6.35. The average Bonchev–Trinajstić information content (AvgIpc) is 2.65. The van der Waals surface area contributed by atoms with E-state index in [1.54, 1.807) is 6.07 Å². The minimum absolute atomic E-state index is 0.0545. The molecule has 0 radical (unpaired) electrons. The van der Waals surface area contributed by atoms with E-state index in [1.807, 2.05) is 0 Å². The summed E-state index contributed by atoms with van der Waals surface area (Å²) < 4.78 is 51.6. The van der Waals surface area contributed by atoms with E-state index < -0.39 is 22.9 Å². The monoisotopic (exact) mass is 410 g/mol. The Kier molecular flexibility index (Phi) is 5.98. The van der Waals surface area contributed by atoms with Gasteiger partial charge in [0.1, 0.15) is 11.3 Å². The highest BCUT2D eigenvalue weighted by Crippen LogP contribution is 2.38. The van der Waals surface area contributed by atoms with E-state index in [0.29, 0.717) is 17.4 Å². The Labute approximate surface area is 164 Å². The van der Waals surface area contributed by atoms with Crippen molar-refractivity contribution in [2.24, 2.45) is 0 Å². The van der Waals surface area contributed by atoms with Crippen LogP contribution in [-0.4, -0.2) is 6.61 Å². The van der Waals surface area contributed by atoms with Crippen LogP contribution in [-0.2, 0) is 6.18 Å². The van der Waals surface area contributed by atoms with Gasteiger partial charge in [-0.25, -0.2) is 0 Å². The Bertz CT molecular complexity index is 1020. The summed E-state index contributed by atoms with van der Waals surface area (Å²) in [6.07, 6.45) is -1.98. The van der Waals surface area contributed by atoms with Crippen LogP contribution in [0.1, 0.15) is 31.9 Å². The molecular formula is C21H18ClF3O3. The van der Waals surface area contributed by atoms with Crippen LogP contribution < -0.4 is 10.2 Å². The molecule has 0 aliphatic heterocycles. The van der Waals surface area contributed by atoms with Crippen LogP contribution in [0.4, 0.5) is 13.2 Å². The zero-order valence-corrected chi connectivity index (χ0v) is 15.9. The summed E-state index contributed by atoms with van der Waals surface area (Å²) in [5.74, 6) is -0.977. The summed E-state index contributed by atoms with van der Waals surface area (Å²) in [4.78, 5) is 12.9. The topological polar surface area (TPSA) is 39.4 Å². The SMILES string of the molecule is CCCCCOc1ccc2c(=O)c(-c3ccc(Cl)cc3)c(C(F)(F)F)oc2c1. The largest absolute Gasteiger partial charge is 0.493 e. The van der Waals surface area contributed by atoms with Crippen molar-refractivity contribution in [1.29, 1.82) is 0 Å². The summed E-state index contributed by atoms with van der Waals surface area (Å²) in [5, 5.41) is 0.409. The zero-order valence-electron chi connectivity index (χ0n) is 15.1. The van der Waals surface area contributed by atoms with Crippen molar-refractivity contribution in [3.8, 4) is 16.9 Å². The van der Waals surface area contributed by atoms with Gasteiger partial charge in [0.2, 0.25) is 11.2 Å². The van der Waals surface area contributed by atoms with Gasteiger partial charge in [0.25, 0.3) is 0 Å². The predicted molar refractivity (Wildman–Crippen MR) is 103 cm³/mol. The van der Waals surface area contributed by atoms with E-state index in [4.69, 9.17) is 20.8 Å². The quantitative estimate of drug-likeness (QED) is 0.424. The van der Waals surface area contributed by atoms with Gasteiger partial charge in [-0.05, 0) is 36.2 Å². The molecule has 0 saturated heterocycles. The van der Waals surface area contributed by atoms with Gasteiger partial charge in [-0.3, -0.25) is 4.79 Å². The van der Waals surface area contributed by atoms with Crippen molar-refractivity contribution < 1.29 is 22.3 Å². The van der Waals surface area contributed by atoms with Crippen LogP contribution in [0.3, 0.4) is 0 Å². The molecule has 3 rings (SSSR count). The van der Waals surface area contributed by atoms with E-state index >= 15 is 0 Å². The Morgan fingerprint density at radius 3 is 2.43 bits per heavy atom. The van der Waals surface area contributed by atoms with Gasteiger partial charge in [0.15, 0.2) is 0 Å². The summed E-state index contributed by atoms with van der Waals surface area (Å²) >= 11 is 5.80. The highest BCUT2D eigenvalue weighted by Gasteiger charge is 2.39. The maximum Gasteiger partial charge on any atom is 0.450 e. The molecule has 0 saturated carbocycles. The molecule has 0 fully saturated rings. The maximum atomic E-state index is 13.6. The van der Waals surface area contributed by atoms with E-state index in [-0.39, 0.29) is 16.5 Å². The molecule has 2 aromatic carbocycles. The van der Waals surface area contributed by atoms with E-state index in [1.165, 1.54) is 36.4 Å². The van der Waals surface area contributed by atoms with Crippen LogP contribution >= 0.6 is 11.6 Å². The minimum Gasteiger partial charge on any atom is -0.493 e. The average molecular weight is 411 g/mol. The first kappa shape index (κ1) is 20.3. The fraction of sp³-hybridized carbons (Fsp3) is 0.286. The lowest BCUT2D eigenvalue weighted by atomic mass is 10.0. The van der Waals surface area contributed by atoms with Crippen molar-refractivity contribution in [1.82, 2.24) is 0 Å². The van der Waals surface area contributed by atoms with E-state index in [9.17, 15) is 18.0 Å². The van der Waals surface area contributed by atoms with Crippen molar-refractivity contribution in [2.75, 3.05) is 6.61 Å². The number of benzene rings is 2. The molecule has 1 heterocycles. The van der Waals surface area contributed by atoms with Crippen molar-refractivity contribution in [2.45, 2.75) is 32.4 Å². The number of unbranched alkanes of at least 4 members (excludes halogenated alkanes) is 2. The Morgan fingerprint density at radius 2 is 1.79 bits per heavy atom. The Hall–Kier alpha value is -2.47. The van der Waals surface area contributed by atoms with Gasteiger partial charge in [-0.2, -0.15) is 13.2 Å². The normalized spacial score (nSPS) is 11.8. The molecule has 0 bridgehead atoms. The van der Waals surface area contributed by atoms with E-state index in [2.05, 4.69) is 6.92 Å². The molecular weight excluding hydrogens is 393 g/mol. The number of alkyl halides is 3. The smallest absolute Gasteiger partial charge is 0.450 e. The number of hydrogen-bond acceptors (Lipinski definition) is 3. The molecule has 0 N–H and O–H groups in total. The first-order valence-electron chi connectivity index (χ1n) is 8.88. The second-order valence-corrected chi connectivity index (χ2v) is 6.79. The maximum absolute atomic E-state index is 13.6. The number of ether oxygens (including phenoxy) is 1. The third-order valence-corrected chi connectivity index (χ3v) is 4.52. The molecule has 0 spiro atoms. The van der Waals surface area contributed by atoms with Crippen LogP contribution in [0, 0.1) is 0 Å². The van der Waals surface area contributed by atoms with Crippen molar-refractivity contribution in [3.63, 3.8) is 0 Å². The fourth-order valence-electron chi connectivity index (χ4n) is 2.88. The van der Waals surface area contributed by atoms with Gasteiger partial charge in [0.05, 0.1) is 17.6 Å². The highest BCUT2D eigenvalue weighted by atomic mass is 35.5. The highest BCUT2D eigenvalue weighted by molar-refractivity contribution is 6.30. The van der Waals surface area contributed by atoms with Crippen LogP contribution in [0.15, 0.2) is 51.7 Å². The lowest BCUT2D eigenvalue weighted by molar-refractivity contribution is -0.152. The molecule has 148 valence electrons. The minimum atomic E-state index is -4.83. The number of rotatable bonds is 6. The van der Waals surface area contributed by atoms with Gasteiger partial charge < -0.3 is 9.15 Å². The first-order chi connectivity index (χ1) is 13.3. The molecule has 0 atom stereocenters. The van der Waals surface area contributed by atoms with Crippen LogP contribution in [0.2, 0.25) is 5.02 Å². The third-order valence-electron chi connectivity index (χ3n) is 4.27. The lowest BCUT2D eigenvalue weighted by Gasteiger charge is -2.13. The predicted octanol–water partition coefficient (Wildman–Crippen LogP) is 6.70. The Morgan fingerprint density at radius 1 is 1.07 bits per heavy atom. The first-order valence-corrected chi connectivity index (χ1v) is 9.26. The zero-order chi connectivity index (χ0) is 20.3. The standard InChI is InChI=1S/C21H18ClF3O3/c1-2-3-4-11-27-15-9-10-16-17(12-15)28-20(21(23,24)25)18(19(16)26)13-5-7-14(22)8-6-13/h5-10,12H,2-4,11H2,1H3. The van der Waals surface area contributed by atoms with Gasteiger partial charge in [-0.1, -0.05) is 43.5 Å². The third kappa shape index (κ3) is 4.33. The van der Waals surface area contributed by atoms with E-state index in [0.717, 1.165) is 19.3 Å². The molecule has 28 heavy (non-hydrogen) atoms. The Balaban J connectivity index is 2.12. The second kappa shape index (κ2) is 8.27. The molecule has 0 unspecified atom stereocenters. The number of hydrogen-bond donors (Lipinski definition) is 0. The molecule has 0 aliphatic rings. The molecule has 1 aromatic heterocycles. The van der Waals surface area contributed by atoms with Crippen LogP contribution in [0.25, 0.3) is 22.1 Å². The molecule has 3 aromatic rings. The summed E-state index contributed by atoms with van der Waals surface area (Å²) in [6.45, 7) is 2.50. The number of fused-ring (bicyclic) bond motifs is 1. The van der Waals surface area contributed by atoms with Crippen LogP contribution in [0.5, 0.6) is 5.75 Å². The van der Waals surface area contributed by atoms with Gasteiger partial charge in [0, 0.05) is 11.1 Å². The summed E-state index contributed by atoms with van der Waals surface area (Å²) in [6, 6.07) is 9.88.